The number of aliphatic imine (C=N–C) groups is 1. The number of esters is 1. The first-order valence-corrected chi connectivity index (χ1v) is 12.3. The molecule has 1 saturated heterocycles. The van der Waals surface area contributed by atoms with Gasteiger partial charge in [-0.2, -0.15) is 0 Å². The molecule has 0 radical (unpaired) electrons. The zero-order chi connectivity index (χ0) is 23.8. The van der Waals surface area contributed by atoms with Crippen molar-refractivity contribution in [2.75, 3.05) is 26.1 Å². The minimum Gasteiger partial charge on any atom is -0.493 e. The molecule has 0 aromatic heterocycles. The minimum absolute atomic E-state index is 0.0748. The van der Waals surface area contributed by atoms with Crippen molar-refractivity contribution in [1.82, 2.24) is 4.90 Å². The molecule has 178 valence electrons. The Kier molecular flexibility index (Phi) is 9.00. The number of fused-ring (bicyclic) bond motifs is 1. The number of nitrogens with zero attached hydrogens (tertiary/aromatic N) is 2. The maximum Gasteiger partial charge on any atom is 0.338 e. The highest BCUT2D eigenvalue weighted by Crippen LogP contribution is 2.42. The zero-order valence-corrected chi connectivity index (χ0v) is 20.4. The summed E-state index contributed by atoms with van der Waals surface area (Å²) in [5, 5.41) is 0.601. The highest BCUT2D eigenvalue weighted by molar-refractivity contribution is 8.14. The molecule has 0 spiro atoms. The third-order valence-corrected chi connectivity index (χ3v) is 6.47. The third-order valence-electron chi connectivity index (χ3n) is 5.52. The molecule has 0 aliphatic carbocycles. The fourth-order valence-electron chi connectivity index (χ4n) is 3.87. The van der Waals surface area contributed by atoms with Gasteiger partial charge < -0.3 is 14.2 Å². The predicted octanol–water partition coefficient (Wildman–Crippen LogP) is 5.03. The molecule has 1 unspecified atom stereocenters. The topological polar surface area (TPSA) is 77.4 Å². The van der Waals surface area contributed by atoms with Crippen molar-refractivity contribution in [3.8, 4) is 11.5 Å². The molecule has 0 N–H and O–H groups in total. The fourth-order valence-corrected chi connectivity index (χ4v) is 4.88. The monoisotopic (exact) mass is 472 g/mol. The van der Waals surface area contributed by atoms with Crippen LogP contribution in [0.3, 0.4) is 0 Å². The summed E-state index contributed by atoms with van der Waals surface area (Å²) in [5.41, 5.74) is 1.61. The van der Waals surface area contributed by atoms with E-state index in [0.29, 0.717) is 46.7 Å². The Morgan fingerprint density at radius 2 is 2.12 bits per heavy atom. The van der Waals surface area contributed by atoms with Crippen LogP contribution >= 0.6 is 11.8 Å². The van der Waals surface area contributed by atoms with Crippen LogP contribution in [0.5, 0.6) is 11.5 Å². The molecule has 2 aliphatic heterocycles. The largest absolute Gasteiger partial charge is 0.493 e. The van der Waals surface area contributed by atoms with Crippen LogP contribution in [0.4, 0.5) is 0 Å². The summed E-state index contributed by atoms with van der Waals surface area (Å²) in [7, 11) is 1.58. The summed E-state index contributed by atoms with van der Waals surface area (Å²) in [6.07, 6.45) is 6.34. The molecule has 0 saturated carbocycles. The number of methoxy groups -OCH3 is 1. The van der Waals surface area contributed by atoms with E-state index in [1.807, 2.05) is 18.2 Å². The molecule has 1 aromatic rings. The van der Waals surface area contributed by atoms with Crippen molar-refractivity contribution in [2.24, 2.45) is 4.99 Å². The van der Waals surface area contributed by atoms with Crippen molar-refractivity contribution in [3.05, 3.63) is 47.7 Å². The molecule has 7 nitrogen and oxygen atoms in total. The van der Waals surface area contributed by atoms with Crippen LogP contribution in [0.2, 0.25) is 0 Å². The van der Waals surface area contributed by atoms with Gasteiger partial charge in [-0.05, 0) is 31.0 Å². The van der Waals surface area contributed by atoms with E-state index in [2.05, 4.69) is 18.5 Å². The smallest absolute Gasteiger partial charge is 0.338 e. The summed E-state index contributed by atoms with van der Waals surface area (Å²) in [6, 6.07) is 4.89. The highest BCUT2D eigenvalue weighted by Gasteiger charge is 2.41. The summed E-state index contributed by atoms with van der Waals surface area (Å²) in [6.45, 7) is 8.24. The number of carbonyl (C=O) groups excluding carboxylic acids is 2. The van der Waals surface area contributed by atoms with Crippen LogP contribution < -0.4 is 9.47 Å². The molecule has 8 heteroatoms. The number of unbranched alkanes of at least 4 members (excludes halogenated alkanes) is 3. The number of benzene rings is 1. The van der Waals surface area contributed by atoms with Crippen molar-refractivity contribution in [2.45, 2.75) is 52.0 Å². The van der Waals surface area contributed by atoms with Crippen molar-refractivity contribution < 1.29 is 23.8 Å². The Morgan fingerprint density at radius 3 is 2.85 bits per heavy atom. The average Bonchev–Trinajstić information content (AvgIpc) is 2.81. The van der Waals surface area contributed by atoms with Gasteiger partial charge in [-0.1, -0.05) is 56.7 Å². The highest BCUT2D eigenvalue weighted by atomic mass is 32.2. The van der Waals surface area contributed by atoms with Gasteiger partial charge in [0.1, 0.15) is 6.61 Å². The lowest BCUT2D eigenvalue weighted by molar-refractivity contribution is -0.139. The lowest BCUT2D eigenvalue weighted by Crippen LogP contribution is -2.45. The second-order valence-electron chi connectivity index (χ2n) is 7.86. The lowest BCUT2D eigenvalue weighted by Gasteiger charge is -2.39. The zero-order valence-electron chi connectivity index (χ0n) is 19.6. The standard InChI is InChI=1S/C25H32N2O5S/c1-5-7-8-9-14-31-19-11-10-18(16-20(19)30-4)23-22(24(29)32-13-6-2)17(3)26-25-27(23)21(28)12-15-33-25/h6,10-11,16,23H,2,5,7-9,12-15H2,1,3-4H3. The van der Waals surface area contributed by atoms with Gasteiger partial charge in [0.25, 0.3) is 0 Å². The molecule has 0 bridgehead atoms. The number of allylic oxidation sites excluding steroid dienone is 1. The van der Waals surface area contributed by atoms with E-state index in [1.54, 1.807) is 18.9 Å². The number of amides is 1. The van der Waals surface area contributed by atoms with E-state index in [4.69, 9.17) is 14.2 Å². The number of hydrogen-bond acceptors (Lipinski definition) is 7. The van der Waals surface area contributed by atoms with Gasteiger partial charge in [0, 0.05) is 12.2 Å². The summed E-state index contributed by atoms with van der Waals surface area (Å²) < 4.78 is 16.9. The molecule has 1 amide bonds. The van der Waals surface area contributed by atoms with Gasteiger partial charge in [0.15, 0.2) is 16.7 Å². The van der Waals surface area contributed by atoms with E-state index >= 15 is 0 Å². The fraction of sp³-hybridized carbons (Fsp3) is 0.480. The van der Waals surface area contributed by atoms with Crippen LogP contribution in [0.15, 0.2) is 47.1 Å². The molecular weight excluding hydrogens is 440 g/mol. The van der Waals surface area contributed by atoms with Gasteiger partial charge in [-0.15, -0.1) is 0 Å². The Bertz CT molecular complexity index is 956. The van der Waals surface area contributed by atoms with Gasteiger partial charge in [-0.25, -0.2) is 9.79 Å². The number of ether oxygens (including phenoxy) is 3. The van der Waals surface area contributed by atoms with Crippen LogP contribution in [-0.2, 0) is 14.3 Å². The lowest BCUT2D eigenvalue weighted by atomic mass is 9.94. The van der Waals surface area contributed by atoms with Crippen LogP contribution in [0, 0.1) is 0 Å². The van der Waals surface area contributed by atoms with Crippen molar-refractivity contribution >= 4 is 28.8 Å². The van der Waals surface area contributed by atoms with Crippen LogP contribution in [-0.4, -0.2) is 48.0 Å². The predicted molar refractivity (Wildman–Crippen MR) is 131 cm³/mol. The molecular formula is C25H32N2O5S. The van der Waals surface area contributed by atoms with E-state index in [9.17, 15) is 9.59 Å². The SMILES string of the molecule is C=CCOC(=O)C1=C(C)N=C2SCCC(=O)N2C1c1ccc(OCCCCCC)c(OC)c1. The Hall–Kier alpha value is -2.74. The Labute approximate surface area is 199 Å². The maximum absolute atomic E-state index is 13.0. The van der Waals surface area contributed by atoms with Gasteiger partial charge in [0.05, 0.1) is 31.0 Å². The van der Waals surface area contributed by atoms with E-state index in [0.717, 1.165) is 18.4 Å². The second-order valence-corrected chi connectivity index (χ2v) is 8.93. The van der Waals surface area contributed by atoms with E-state index in [-0.39, 0.29) is 12.5 Å². The number of carbonyl (C=O) groups is 2. The van der Waals surface area contributed by atoms with Crippen LogP contribution in [0.1, 0.15) is 57.6 Å². The number of hydrogen-bond donors (Lipinski definition) is 0. The second kappa shape index (κ2) is 11.9. The summed E-state index contributed by atoms with van der Waals surface area (Å²) >= 11 is 1.51. The summed E-state index contributed by atoms with van der Waals surface area (Å²) in [4.78, 5) is 32.1. The van der Waals surface area contributed by atoms with E-state index in [1.165, 1.54) is 30.7 Å². The quantitative estimate of drug-likeness (QED) is 0.255. The molecule has 1 fully saturated rings. The normalized spacial score (nSPS) is 17.9. The van der Waals surface area contributed by atoms with E-state index < -0.39 is 12.0 Å². The summed E-state index contributed by atoms with van der Waals surface area (Å²) in [5.74, 6) is 1.27. The first-order valence-electron chi connectivity index (χ1n) is 11.3. The average molecular weight is 473 g/mol. The molecule has 1 atom stereocenters. The number of thioether (sulfide) groups is 1. The molecule has 3 rings (SSSR count). The molecule has 2 aliphatic rings. The number of rotatable bonds is 11. The maximum atomic E-state index is 13.0. The molecule has 2 heterocycles. The number of amidine groups is 1. The third kappa shape index (κ3) is 5.79. The molecule has 33 heavy (non-hydrogen) atoms. The van der Waals surface area contributed by atoms with Gasteiger partial charge in [0.2, 0.25) is 5.91 Å². The van der Waals surface area contributed by atoms with Crippen LogP contribution in [0.25, 0.3) is 0 Å². The Balaban J connectivity index is 1.95. The Morgan fingerprint density at radius 1 is 1.30 bits per heavy atom. The van der Waals surface area contributed by atoms with Gasteiger partial charge in [-0.3, -0.25) is 9.69 Å². The first kappa shape index (κ1) is 24.9. The van der Waals surface area contributed by atoms with Gasteiger partial charge >= 0.3 is 5.97 Å². The van der Waals surface area contributed by atoms with Crippen molar-refractivity contribution in [1.29, 1.82) is 0 Å². The minimum atomic E-state index is -0.650. The first-order chi connectivity index (χ1) is 16.0. The van der Waals surface area contributed by atoms with Crippen molar-refractivity contribution in [3.63, 3.8) is 0 Å². The molecule has 1 aromatic carbocycles.